The van der Waals surface area contributed by atoms with E-state index in [1.807, 2.05) is 0 Å². The summed E-state index contributed by atoms with van der Waals surface area (Å²) in [5, 5.41) is 0. The molecule has 0 radical (unpaired) electrons. The van der Waals surface area contributed by atoms with E-state index in [-0.39, 0.29) is 6.04 Å². The predicted molar refractivity (Wildman–Crippen MR) is 139 cm³/mol. The third-order valence-electron chi connectivity index (χ3n) is 6.52. The first-order chi connectivity index (χ1) is 16.7. The molecule has 6 heteroatoms. The summed E-state index contributed by atoms with van der Waals surface area (Å²) in [5.41, 5.74) is 6.32. The van der Waals surface area contributed by atoms with Gasteiger partial charge in [-0.15, -0.1) is 4.37 Å². The van der Waals surface area contributed by atoms with Crippen molar-refractivity contribution in [2.45, 2.75) is 26.5 Å². The van der Waals surface area contributed by atoms with Gasteiger partial charge in [0.15, 0.2) is 0 Å². The van der Waals surface area contributed by atoms with E-state index in [1.54, 1.807) is 0 Å². The summed E-state index contributed by atoms with van der Waals surface area (Å²) in [6, 6.07) is 28.3. The summed E-state index contributed by atoms with van der Waals surface area (Å²) in [4.78, 5) is 4.88. The fourth-order valence-electron chi connectivity index (χ4n) is 4.64. The molecule has 0 spiro atoms. The maximum Gasteiger partial charge on any atom is 0.271 e. The monoisotopic (exact) mass is 470 g/mol. The van der Waals surface area contributed by atoms with Crippen molar-refractivity contribution >= 4 is 17.5 Å². The normalized spacial score (nSPS) is 14.5. The molecule has 0 amide bonds. The van der Waals surface area contributed by atoms with Crippen LogP contribution in [0.5, 0.6) is 5.88 Å². The van der Waals surface area contributed by atoms with Gasteiger partial charge < -0.3 is 9.64 Å². The first-order valence-electron chi connectivity index (χ1n) is 11.8. The van der Waals surface area contributed by atoms with E-state index in [0.29, 0.717) is 12.5 Å². The zero-order valence-corrected chi connectivity index (χ0v) is 20.5. The molecule has 0 saturated carbocycles. The van der Waals surface area contributed by atoms with Crippen LogP contribution < -0.4 is 9.64 Å². The maximum atomic E-state index is 6.15. The van der Waals surface area contributed by atoms with E-state index in [2.05, 4.69) is 111 Å². The third-order valence-corrected chi connectivity index (χ3v) is 7.02. The lowest BCUT2D eigenvalue weighted by atomic mass is 9.96. The molecule has 5 rings (SSSR count). The van der Waals surface area contributed by atoms with E-state index >= 15 is 0 Å². The van der Waals surface area contributed by atoms with Crippen molar-refractivity contribution in [1.29, 1.82) is 0 Å². The van der Waals surface area contributed by atoms with Gasteiger partial charge in [-0.2, -0.15) is 4.37 Å². The van der Waals surface area contributed by atoms with E-state index in [1.165, 1.54) is 39.5 Å². The van der Waals surface area contributed by atoms with Crippen LogP contribution in [0.25, 0.3) is 0 Å². The Hall–Kier alpha value is -3.22. The summed E-state index contributed by atoms with van der Waals surface area (Å²) in [5.74, 6) is 1.51. The molecule has 4 aromatic rings. The van der Waals surface area contributed by atoms with Crippen LogP contribution in [0.3, 0.4) is 0 Å². The molecular formula is C28H30N4OS. The Morgan fingerprint density at radius 1 is 0.824 bits per heavy atom. The summed E-state index contributed by atoms with van der Waals surface area (Å²) >= 11 is 1.22. The third kappa shape index (κ3) is 4.98. The van der Waals surface area contributed by atoms with Crippen molar-refractivity contribution in [3.63, 3.8) is 0 Å². The van der Waals surface area contributed by atoms with Crippen LogP contribution in [0.2, 0.25) is 0 Å². The lowest BCUT2D eigenvalue weighted by Crippen LogP contribution is -2.48. The predicted octanol–water partition coefficient (Wildman–Crippen LogP) is 5.65. The van der Waals surface area contributed by atoms with E-state index < -0.39 is 0 Å². The van der Waals surface area contributed by atoms with Gasteiger partial charge in [-0.1, -0.05) is 84.4 Å². The molecule has 1 fully saturated rings. The molecule has 1 saturated heterocycles. The van der Waals surface area contributed by atoms with Gasteiger partial charge >= 0.3 is 0 Å². The second-order valence-corrected chi connectivity index (χ2v) is 9.39. The van der Waals surface area contributed by atoms with Gasteiger partial charge in [-0.25, -0.2) is 0 Å². The number of ether oxygens (including phenoxy) is 1. The highest BCUT2D eigenvalue weighted by Crippen LogP contribution is 2.32. The number of hydrogen-bond acceptors (Lipinski definition) is 6. The molecule has 1 aromatic heterocycles. The molecule has 0 aliphatic carbocycles. The second kappa shape index (κ2) is 10.4. The Kier molecular flexibility index (Phi) is 6.88. The topological polar surface area (TPSA) is 41.5 Å². The quantitative estimate of drug-likeness (QED) is 0.349. The average molecular weight is 471 g/mol. The van der Waals surface area contributed by atoms with Gasteiger partial charge in [-0.3, -0.25) is 4.90 Å². The molecule has 1 aliphatic heterocycles. The number of rotatable bonds is 7. The minimum atomic E-state index is 0.248. The Balaban J connectivity index is 1.28. The fourth-order valence-corrected chi connectivity index (χ4v) is 5.16. The van der Waals surface area contributed by atoms with Crippen molar-refractivity contribution in [2.24, 2.45) is 0 Å². The lowest BCUT2D eigenvalue weighted by molar-refractivity contribution is 0.211. The highest BCUT2D eigenvalue weighted by molar-refractivity contribution is 6.99. The number of aryl methyl sites for hydroxylation is 2. The first-order valence-corrected chi connectivity index (χ1v) is 12.5. The minimum Gasteiger partial charge on any atom is -0.470 e. The Labute approximate surface area is 206 Å². The van der Waals surface area contributed by atoms with Crippen molar-refractivity contribution in [2.75, 3.05) is 31.1 Å². The molecule has 174 valence electrons. The van der Waals surface area contributed by atoms with Crippen LogP contribution in [-0.2, 0) is 6.61 Å². The standard InChI is InChI=1S/C28H30N4OS/c1-21-13-14-22(2)25(19-21)20-33-28-27(29-34-30-28)32-17-15-31(16-18-32)26(23-9-5-3-6-10-23)24-11-7-4-8-12-24/h3-14,19,26H,15-18,20H2,1-2H3. The molecule has 0 atom stereocenters. The highest BCUT2D eigenvalue weighted by atomic mass is 32.1. The molecule has 5 nitrogen and oxygen atoms in total. The zero-order valence-electron chi connectivity index (χ0n) is 19.7. The van der Waals surface area contributed by atoms with Gasteiger partial charge in [0.2, 0.25) is 5.82 Å². The smallest absolute Gasteiger partial charge is 0.271 e. The minimum absolute atomic E-state index is 0.248. The lowest BCUT2D eigenvalue weighted by Gasteiger charge is -2.39. The molecule has 2 heterocycles. The van der Waals surface area contributed by atoms with Crippen LogP contribution >= 0.6 is 11.7 Å². The number of benzene rings is 3. The molecule has 0 unspecified atom stereocenters. The SMILES string of the molecule is Cc1ccc(C)c(COc2nsnc2N2CCN(C(c3ccccc3)c3ccccc3)CC2)c1. The van der Waals surface area contributed by atoms with Crippen molar-refractivity contribution in [3.8, 4) is 5.88 Å². The first kappa shape index (κ1) is 22.6. The van der Waals surface area contributed by atoms with Crippen LogP contribution in [0, 0.1) is 13.8 Å². The van der Waals surface area contributed by atoms with Crippen molar-refractivity contribution < 1.29 is 4.74 Å². The molecule has 0 N–H and O–H groups in total. The van der Waals surface area contributed by atoms with E-state index in [4.69, 9.17) is 4.74 Å². The number of aromatic nitrogens is 2. The number of hydrogen-bond donors (Lipinski definition) is 0. The largest absolute Gasteiger partial charge is 0.470 e. The van der Waals surface area contributed by atoms with Crippen LogP contribution in [0.4, 0.5) is 5.82 Å². The molecular weight excluding hydrogens is 440 g/mol. The van der Waals surface area contributed by atoms with E-state index in [0.717, 1.165) is 32.0 Å². The van der Waals surface area contributed by atoms with Gasteiger partial charge in [0, 0.05) is 26.2 Å². The summed E-state index contributed by atoms with van der Waals surface area (Å²) in [6.07, 6.45) is 0. The fraction of sp³-hybridized carbons (Fsp3) is 0.286. The van der Waals surface area contributed by atoms with Gasteiger partial charge in [0.25, 0.3) is 5.88 Å². The Morgan fingerprint density at radius 3 is 2.12 bits per heavy atom. The summed E-state index contributed by atoms with van der Waals surface area (Å²) in [7, 11) is 0. The van der Waals surface area contributed by atoms with Crippen LogP contribution in [0.1, 0.15) is 33.9 Å². The van der Waals surface area contributed by atoms with Gasteiger partial charge in [0.05, 0.1) is 17.8 Å². The van der Waals surface area contributed by atoms with E-state index in [9.17, 15) is 0 Å². The van der Waals surface area contributed by atoms with Crippen LogP contribution in [0.15, 0.2) is 78.9 Å². The molecule has 3 aromatic carbocycles. The second-order valence-electron chi connectivity index (χ2n) is 8.86. The number of anilines is 1. The van der Waals surface area contributed by atoms with Crippen LogP contribution in [-0.4, -0.2) is 39.8 Å². The van der Waals surface area contributed by atoms with Gasteiger partial charge in [-0.05, 0) is 36.1 Å². The molecule has 1 aliphatic rings. The maximum absolute atomic E-state index is 6.15. The van der Waals surface area contributed by atoms with Crippen molar-refractivity contribution in [3.05, 3.63) is 107 Å². The van der Waals surface area contributed by atoms with Gasteiger partial charge in [0.1, 0.15) is 6.61 Å². The molecule has 0 bridgehead atoms. The van der Waals surface area contributed by atoms with Crippen molar-refractivity contribution in [1.82, 2.24) is 13.6 Å². The summed E-state index contributed by atoms with van der Waals surface area (Å²) < 4.78 is 15.2. The molecule has 34 heavy (non-hydrogen) atoms. The number of piperazine rings is 1. The summed E-state index contributed by atoms with van der Waals surface area (Å²) in [6.45, 7) is 8.41. The highest BCUT2D eigenvalue weighted by Gasteiger charge is 2.28. The Bertz CT molecular complexity index is 1160. The number of nitrogens with zero attached hydrogens (tertiary/aromatic N) is 4. The Morgan fingerprint density at radius 2 is 1.47 bits per heavy atom. The zero-order chi connectivity index (χ0) is 23.3. The average Bonchev–Trinajstić information content (AvgIpc) is 3.35.